The Morgan fingerprint density at radius 1 is 1.37 bits per heavy atom. The quantitative estimate of drug-likeness (QED) is 0.772. The maximum Gasteiger partial charge on any atom is 0.410 e. The summed E-state index contributed by atoms with van der Waals surface area (Å²) < 4.78 is 10.6. The molecule has 1 aliphatic heterocycles. The van der Waals surface area contributed by atoms with Crippen LogP contribution in [0.3, 0.4) is 0 Å². The van der Waals surface area contributed by atoms with Crippen LogP contribution < -0.4 is 5.32 Å². The molecule has 2 atom stereocenters. The summed E-state index contributed by atoms with van der Waals surface area (Å²) in [6.07, 6.45) is 0.586. The summed E-state index contributed by atoms with van der Waals surface area (Å²) in [5.41, 5.74) is -1.12. The molecule has 7 nitrogen and oxygen atoms in total. The van der Waals surface area contributed by atoms with E-state index in [1.54, 1.807) is 26.8 Å². The van der Waals surface area contributed by atoms with E-state index in [4.69, 9.17) is 9.47 Å². The number of carbonyl (C=O) groups excluding carboxylic acids is 2. The van der Waals surface area contributed by atoms with Crippen LogP contribution in [0.1, 0.15) is 32.8 Å². The Morgan fingerprint density at radius 3 is 2.63 bits per heavy atom. The Bertz CT molecular complexity index is 671. The van der Waals surface area contributed by atoms with Crippen LogP contribution in [0.4, 0.5) is 9.59 Å². The number of carbonyl (C=O) groups is 2. The molecule has 1 heterocycles. The van der Waals surface area contributed by atoms with Crippen molar-refractivity contribution >= 4 is 12.2 Å². The van der Waals surface area contributed by atoms with E-state index < -0.39 is 29.4 Å². The van der Waals surface area contributed by atoms with E-state index in [0.29, 0.717) is 0 Å². The first-order valence-electron chi connectivity index (χ1n) is 8.91. The molecule has 1 saturated heterocycles. The molecule has 2 amide bonds. The third-order valence-electron chi connectivity index (χ3n) is 4.17. The van der Waals surface area contributed by atoms with Gasteiger partial charge in [0.25, 0.3) is 0 Å². The average Bonchev–Trinajstić information content (AvgIpc) is 2.89. The van der Waals surface area contributed by atoms with Crippen LogP contribution in [-0.2, 0) is 16.1 Å². The number of nitrogens with zero attached hydrogens (tertiary/aromatic N) is 1. The van der Waals surface area contributed by atoms with Crippen molar-refractivity contribution in [3.05, 3.63) is 48.6 Å². The Morgan fingerprint density at radius 2 is 2.04 bits per heavy atom. The number of ether oxygens (including phenoxy) is 2. The maximum atomic E-state index is 12.4. The van der Waals surface area contributed by atoms with Gasteiger partial charge in [-0.05, 0) is 32.8 Å². The highest BCUT2D eigenvalue weighted by Gasteiger charge is 2.47. The molecular formula is C20H28N2O5. The zero-order valence-corrected chi connectivity index (χ0v) is 16.1. The zero-order valence-electron chi connectivity index (χ0n) is 16.1. The fraction of sp³-hybridized carbons (Fsp3) is 0.500. The van der Waals surface area contributed by atoms with Gasteiger partial charge in [-0.2, -0.15) is 0 Å². The fourth-order valence-corrected chi connectivity index (χ4v) is 2.93. The summed E-state index contributed by atoms with van der Waals surface area (Å²) in [4.78, 5) is 25.9. The molecule has 0 radical (unpaired) electrons. The molecule has 7 heteroatoms. The van der Waals surface area contributed by atoms with E-state index in [-0.39, 0.29) is 26.1 Å². The molecule has 0 aliphatic carbocycles. The second kappa shape index (κ2) is 8.43. The number of hydrogen-bond donors (Lipinski definition) is 2. The van der Waals surface area contributed by atoms with Crippen molar-refractivity contribution < 1.29 is 24.2 Å². The van der Waals surface area contributed by atoms with Crippen molar-refractivity contribution in [2.75, 3.05) is 13.1 Å². The summed E-state index contributed by atoms with van der Waals surface area (Å²) in [6.45, 7) is 9.21. The lowest BCUT2D eigenvalue weighted by molar-refractivity contribution is 0.0150. The minimum Gasteiger partial charge on any atom is -0.445 e. The molecule has 1 aromatic carbocycles. The van der Waals surface area contributed by atoms with E-state index in [2.05, 4.69) is 11.9 Å². The Balaban J connectivity index is 1.99. The number of hydrogen-bond acceptors (Lipinski definition) is 5. The van der Waals surface area contributed by atoms with E-state index in [0.717, 1.165) is 5.56 Å². The average molecular weight is 376 g/mol. The zero-order chi connectivity index (χ0) is 20.1. The Labute approximate surface area is 159 Å². The molecule has 0 bridgehead atoms. The molecule has 0 aromatic heterocycles. The second-order valence-electron chi connectivity index (χ2n) is 7.72. The van der Waals surface area contributed by atoms with Crippen LogP contribution in [0.15, 0.2) is 43.0 Å². The molecule has 1 aliphatic rings. The molecule has 1 fully saturated rings. The van der Waals surface area contributed by atoms with Crippen molar-refractivity contribution in [3.63, 3.8) is 0 Å². The monoisotopic (exact) mass is 376 g/mol. The normalized spacial score (nSPS) is 22.2. The van der Waals surface area contributed by atoms with E-state index in [1.807, 2.05) is 30.3 Å². The van der Waals surface area contributed by atoms with Crippen molar-refractivity contribution in [1.29, 1.82) is 0 Å². The van der Waals surface area contributed by atoms with Crippen LogP contribution in [0.2, 0.25) is 0 Å². The number of benzene rings is 1. The summed E-state index contributed by atoms with van der Waals surface area (Å²) >= 11 is 0. The first kappa shape index (κ1) is 20.8. The molecule has 1 aromatic rings. The minimum absolute atomic E-state index is 0.0348. The Kier molecular flexibility index (Phi) is 6.49. The SMILES string of the molecule is C=CCC1(O)CN(C(=O)OCc2ccccc2)CC1NC(=O)OC(C)(C)C. The fourth-order valence-electron chi connectivity index (χ4n) is 2.93. The predicted octanol–water partition coefficient (Wildman–Crippen LogP) is 2.84. The maximum absolute atomic E-state index is 12.4. The summed E-state index contributed by atoms with van der Waals surface area (Å²) in [7, 11) is 0. The predicted molar refractivity (Wildman–Crippen MR) is 101 cm³/mol. The minimum atomic E-state index is -1.33. The molecule has 2 N–H and O–H groups in total. The van der Waals surface area contributed by atoms with Gasteiger partial charge in [0.15, 0.2) is 0 Å². The number of amides is 2. The van der Waals surface area contributed by atoms with Gasteiger partial charge in [0.05, 0.1) is 12.6 Å². The lowest BCUT2D eigenvalue weighted by Gasteiger charge is -2.29. The molecule has 27 heavy (non-hydrogen) atoms. The first-order valence-corrected chi connectivity index (χ1v) is 8.91. The van der Waals surface area contributed by atoms with Crippen molar-refractivity contribution in [1.82, 2.24) is 10.2 Å². The number of β-amino-alcohol motifs (C(OH)–C–C–N with tert-alkyl or cyclic N) is 1. The van der Waals surface area contributed by atoms with E-state index >= 15 is 0 Å². The van der Waals surface area contributed by atoms with Gasteiger partial charge in [0.2, 0.25) is 0 Å². The van der Waals surface area contributed by atoms with Crippen molar-refractivity contribution in [2.24, 2.45) is 0 Å². The third-order valence-corrected chi connectivity index (χ3v) is 4.17. The van der Waals surface area contributed by atoms with Gasteiger partial charge >= 0.3 is 12.2 Å². The van der Waals surface area contributed by atoms with Gasteiger partial charge in [-0.15, -0.1) is 6.58 Å². The Hall–Kier alpha value is -2.54. The van der Waals surface area contributed by atoms with Crippen LogP contribution >= 0.6 is 0 Å². The summed E-state index contributed by atoms with van der Waals surface area (Å²) in [6, 6.07) is 8.64. The number of likely N-dealkylation sites (tertiary alicyclic amines) is 1. The molecule has 2 rings (SSSR count). The van der Waals surface area contributed by atoms with Crippen molar-refractivity contribution in [3.8, 4) is 0 Å². The van der Waals surface area contributed by atoms with Crippen molar-refractivity contribution in [2.45, 2.75) is 51.0 Å². The standard InChI is InChI=1S/C20H28N2O5/c1-5-11-20(25)14-22(12-16(20)21-17(23)27-19(2,3)4)18(24)26-13-15-9-7-6-8-10-15/h5-10,16,25H,1,11-14H2,2-4H3,(H,21,23). The smallest absolute Gasteiger partial charge is 0.410 e. The molecule has 2 unspecified atom stereocenters. The second-order valence-corrected chi connectivity index (χ2v) is 7.72. The summed E-state index contributed by atoms with van der Waals surface area (Å²) in [5, 5.41) is 13.6. The third kappa shape index (κ3) is 5.99. The highest BCUT2D eigenvalue weighted by atomic mass is 16.6. The number of alkyl carbamates (subject to hydrolysis) is 1. The van der Waals surface area contributed by atoms with Crippen LogP contribution in [0.25, 0.3) is 0 Å². The van der Waals surface area contributed by atoms with Gasteiger partial charge in [-0.1, -0.05) is 36.4 Å². The molecular weight excluding hydrogens is 348 g/mol. The number of rotatable bonds is 5. The van der Waals surface area contributed by atoms with E-state index in [9.17, 15) is 14.7 Å². The van der Waals surface area contributed by atoms with Gasteiger partial charge in [-0.25, -0.2) is 9.59 Å². The lowest BCUT2D eigenvalue weighted by atomic mass is 9.94. The van der Waals surface area contributed by atoms with Gasteiger partial charge in [-0.3, -0.25) is 0 Å². The van der Waals surface area contributed by atoms with Gasteiger partial charge in [0, 0.05) is 6.54 Å². The highest BCUT2D eigenvalue weighted by molar-refractivity contribution is 5.71. The van der Waals surface area contributed by atoms with Gasteiger partial charge in [0.1, 0.15) is 17.8 Å². The van der Waals surface area contributed by atoms with Crippen LogP contribution in [0, 0.1) is 0 Å². The highest BCUT2D eigenvalue weighted by Crippen LogP contribution is 2.27. The first-order chi connectivity index (χ1) is 12.6. The molecule has 0 spiro atoms. The molecule has 0 saturated carbocycles. The number of nitrogens with one attached hydrogen (secondary N) is 1. The number of aliphatic hydroxyl groups is 1. The van der Waals surface area contributed by atoms with Crippen LogP contribution in [-0.4, -0.2) is 52.5 Å². The lowest BCUT2D eigenvalue weighted by Crippen LogP contribution is -2.52. The van der Waals surface area contributed by atoms with Crippen LogP contribution in [0.5, 0.6) is 0 Å². The largest absolute Gasteiger partial charge is 0.445 e. The van der Waals surface area contributed by atoms with Gasteiger partial charge < -0.3 is 24.8 Å². The summed E-state index contributed by atoms with van der Waals surface area (Å²) in [5.74, 6) is 0. The van der Waals surface area contributed by atoms with E-state index in [1.165, 1.54) is 4.90 Å². The topological polar surface area (TPSA) is 88.1 Å². The molecule has 148 valence electrons.